The number of nitrogens with zero attached hydrogens (tertiary/aromatic N) is 4. The van der Waals surface area contributed by atoms with Crippen molar-refractivity contribution in [2.45, 2.75) is 51.0 Å². The highest BCUT2D eigenvalue weighted by atomic mass is 15.4. The van der Waals surface area contributed by atoms with Gasteiger partial charge >= 0.3 is 0 Å². The van der Waals surface area contributed by atoms with Gasteiger partial charge in [0.1, 0.15) is 17.8 Å². The van der Waals surface area contributed by atoms with Crippen LogP contribution in [0.1, 0.15) is 50.1 Å². The Hall–Kier alpha value is -3.19. The molecule has 6 rings (SSSR count). The van der Waals surface area contributed by atoms with Gasteiger partial charge < -0.3 is 15.3 Å². The molecule has 7 heteroatoms. The van der Waals surface area contributed by atoms with Gasteiger partial charge in [0.2, 0.25) is 0 Å². The van der Waals surface area contributed by atoms with E-state index in [0.29, 0.717) is 6.04 Å². The molecular formula is C27H33N7. The predicted octanol–water partition coefficient (Wildman–Crippen LogP) is 5.32. The molecule has 0 saturated heterocycles. The largest absolute Gasteiger partial charge is 0.370 e. The number of hydrazine groups is 1. The summed E-state index contributed by atoms with van der Waals surface area (Å²) in [6, 6.07) is 13.7. The van der Waals surface area contributed by atoms with Gasteiger partial charge in [0.15, 0.2) is 5.82 Å². The topological polar surface area (TPSA) is 79.7 Å². The molecule has 3 N–H and O–H groups in total. The summed E-state index contributed by atoms with van der Waals surface area (Å²) >= 11 is 0. The van der Waals surface area contributed by atoms with Crippen LogP contribution >= 0.6 is 0 Å². The first-order valence-corrected chi connectivity index (χ1v) is 12.6. The minimum Gasteiger partial charge on any atom is -0.370 e. The Morgan fingerprint density at radius 2 is 1.88 bits per heavy atom. The number of aryl methyl sites for hydroxylation is 1. The maximum Gasteiger partial charge on any atom is 0.153 e. The van der Waals surface area contributed by atoms with E-state index < -0.39 is 0 Å². The van der Waals surface area contributed by atoms with E-state index in [2.05, 4.69) is 73.3 Å². The lowest BCUT2D eigenvalue weighted by molar-refractivity contribution is 0.461. The molecule has 2 fully saturated rings. The molecule has 2 aliphatic rings. The molecular weight excluding hydrogens is 422 g/mol. The van der Waals surface area contributed by atoms with E-state index in [4.69, 9.17) is 4.98 Å². The van der Waals surface area contributed by atoms with E-state index in [1.54, 1.807) is 6.33 Å². The van der Waals surface area contributed by atoms with E-state index in [9.17, 15) is 0 Å². The summed E-state index contributed by atoms with van der Waals surface area (Å²) in [7, 11) is 1.85. The summed E-state index contributed by atoms with van der Waals surface area (Å²) < 4.78 is 2.36. The number of hydrogen-bond acceptors (Lipinski definition) is 6. The fourth-order valence-electron chi connectivity index (χ4n) is 5.41. The number of nitrogens with one attached hydrogen (secondary N) is 3. The van der Waals surface area contributed by atoms with E-state index in [-0.39, 0.29) is 0 Å². The summed E-state index contributed by atoms with van der Waals surface area (Å²) in [6.45, 7) is 1.05. The number of anilines is 2. The molecule has 3 heterocycles. The first-order chi connectivity index (χ1) is 16.8. The summed E-state index contributed by atoms with van der Waals surface area (Å²) in [6.07, 6.45) is 12.6. The highest BCUT2D eigenvalue weighted by Crippen LogP contribution is 2.39. The average molecular weight is 456 g/mol. The van der Waals surface area contributed by atoms with Crippen molar-refractivity contribution < 1.29 is 0 Å². The quantitative estimate of drug-likeness (QED) is 0.296. The Morgan fingerprint density at radius 1 is 1.00 bits per heavy atom. The lowest BCUT2D eigenvalue weighted by atomic mass is 9.97. The summed E-state index contributed by atoms with van der Waals surface area (Å²) in [4.78, 5) is 13.8. The van der Waals surface area contributed by atoms with Gasteiger partial charge in [-0.1, -0.05) is 12.1 Å². The molecule has 2 atom stereocenters. The van der Waals surface area contributed by atoms with Gasteiger partial charge in [-0.3, -0.25) is 0 Å². The molecule has 0 radical (unpaired) electrons. The predicted molar refractivity (Wildman–Crippen MR) is 138 cm³/mol. The summed E-state index contributed by atoms with van der Waals surface area (Å²) in [5.41, 5.74) is 9.59. The van der Waals surface area contributed by atoms with Crippen LogP contribution < -0.4 is 16.2 Å². The van der Waals surface area contributed by atoms with E-state index in [1.807, 2.05) is 7.05 Å². The van der Waals surface area contributed by atoms with Crippen molar-refractivity contribution in [3.05, 3.63) is 54.5 Å². The monoisotopic (exact) mass is 455 g/mol. The number of hydrogen-bond donors (Lipinski definition) is 3. The second-order valence-electron chi connectivity index (χ2n) is 9.98. The number of benzene rings is 1. The maximum atomic E-state index is 4.87. The van der Waals surface area contributed by atoms with Crippen molar-refractivity contribution >= 4 is 33.6 Å². The molecule has 34 heavy (non-hydrogen) atoms. The van der Waals surface area contributed by atoms with Crippen molar-refractivity contribution in [1.29, 1.82) is 0 Å². The van der Waals surface area contributed by atoms with Gasteiger partial charge in [-0.25, -0.2) is 20.4 Å². The van der Waals surface area contributed by atoms with Crippen LogP contribution in [-0.4, -0.2) is 33.1 Å². The van der Waals surface area contributed by atoms with Crippen molar-refractivity contribution in [2.75, 3.05) is 24.3 Å². The smallest absolute Gasteiger partial charge is 0.153 e. The normalized spacial score (nSPS) is 20.3. The molecule has 2 aliphatic carbocycles. The van der Waals surface area contributed by atoms with Crippen LogP contribution in [0.25, 0.3) is 21.9 Å². The number of aromatic nitrogens is 4. The molecule has 3 aromatic heterocycles. The van der Waals surface area contributed by atoms with Crippen molar-refractivity contribution in [3.8, 4) is 0 Å². The van der Waals surface area contributed by atoms with E-state index >= 15 is 0 Å². The van der Waals surface area contributed by atoms with Crippen LogP contribution in [0.2, 0.25) is 0 Å². The molecule has 0 bridgehead atoms. The molecule has 1 aromatic carbocycles. The molecule has 4 aromatic rings. The second kappa shape index (κ2) is 9.22. The average Bonchev–Trinajstić information content (AvgIpc) is 3.40. The van der Waals surface area contributed by atoms with Crippen molar-refractivity contribution in [2.24, 2.45) is 11.8 Å². The molecule has 2 saturated carbocycles. The van der Waals surface area contributed by atoms with Crippen LogP contribution in [0, 0.1) is 11.8 Å². The van der Waals surface area contributed by atoms with Crippen LogP contribution in [0.4, 0.5) is 11.6 Å². The molecule has 0 spiro atoms. The fraction of sp³-hybridized carbons (Fsp3) is 0.444. The molecule has 0 aliphatic heterocycles. The van der Waals surface area contributed by atoms with Gasteiger partial charge in [0.05, 0.1) is 10.9 Å². The van der Waals surface area contributed by atoms with Crippen LogP contribution in [0.3, 0.4) is 0 Å². The summed E-state index contributed by atoms with van der Waals surface area (Å²) in [5.74, 6) is 3.43. The maximum absolute atomic E-state index is 4.87. The van der Waals surface area contributed by atoms with Crippen LogP contribution in [0.15, 0.2) is 48.9 Å². The molecule has 176 valence electrons. The molecule has 0 unspecified atom stereocenters. The highest BCUT2D eigenvalue weighted by Gasteiger charge is 2.27. The zero-order valence-electron chi connectivity index (χ0n) is 19.8. The van der Waals surface area contributed by atoms with Gasteiger partial charge in [-0.15, -0.1) is 0 Å². The zero-order valence-corrected chi connectivity index (χ0v) is 19.8. The van der Waals surface area contributed by atoms with Gasteiger partial charge in [-0.05, 0) is 86.6 Å². The van der Waals surface area contributed by atoms with Gasteiger partial charge in [0, 0.05) is 31.2 Å². The Kier molecular flexibility index (Phi) is 5.79. The minimum absolute atomic E-state index is 0.512. The lowest BCUT2D eigenvalue weighted by Crippen LogP contribution is -2.16. The van der Waals surface area contributed by atoms with Crippen molar-refractivity contribution in [3.63, 3.8) is 0 Å². The molecule has 0 amide bonds. The first kappa shape index (κ1) is 21.4. The third-order valence-electron chi connectivity index (χ3n) is 7.53. The highest BCUT2D eigenvalue weighted by molar-refractivity contribution is 5.87. The number of fused-ring (bicyclic) bond motifs is 2. The van der Waals surface area contributed by atoms with Crippen LogP contribution in [0.5, 0.6) is 0 Å². The van der Waals surface area contributed by atoms with Crippen LogP contribution in [-0.2, 0) is 6.42 Å². The molecule has 7 nitrogen and oxygen atoms in total. The third-order valence-corrected chi connectivity index (χ3v) is 7.53. The SMILES string of the molecule is CNNc1ncnc2c1ccn2[C@H]1CC[C@@H](CCc2ccc3ccc(NCC4CC4)nc3c2)C1. The Bertz CT molecular complexity index is 1290. The number of pyridine rings is 1. The standard InChI is InChI=1S/C27H33N7/c1-28-33-26-23-12-13-34(27(23)31-17-30-26)22-10-7-18(14-22)2-3-19-6-8-21-9-11-25(32-24(21)15-19)29-16-20-4-5-20/h6,8-9,11-13,15,17-18,20,22,28H,2-5,7,10,14,16H2,1H3,(H,29,32)(H,30,31,33)/t18-,22+/m1/s1. The van der Waals surface area contributed by atoms with Gasteiger partial charge in [-0.2, -0.15) is 0 Å². The third kappa shape index (κ3) is 4.44. The zero-order chi connectivity index (χ0) is 22.9. The van der Waals surface area contributed by atoms with E-state index in [1.165, 1.54) is 49.5 Å². The lowest BCUT2D eigenvalue weighted by Gasteiger charge is -2.15. The second-order valence-corrected chi connectivity index (χ2v) is 9.98. The van der Waals surface area contributed by atoms with E-state index in [0.717, 1.165) is 53.0 Å². The van der Waals surface area contributed by atoms with Gasteiger partial charge in [0.25, 0.3) is 0 Å². The fourth-order valence-corrected chi connectivity index (χ4v) is 5.41. The van der Waals surface area contributed by atoms with Crippen molar-refractivity contribution in [1.82, 2.24) is 24.9 Å². The Balaban J connectivity index is 1.10. The number of rotatable bonds is 9. The Morgan fingerprint density at radius 3 is 2.76 bits per heavy atom. The minimum atomic E-state index is 0.512. The summed E-state index contributed by atoms with van der Waals surface area (Å²) in [5, 5.41) is 5.79. The first-order valence-electron chi connectivity index (χ1n) is 12.6. The Labute approximate surface area is 200 Å².